The Balaban J connectivity index is 1.98. The summed E-state index contributed by atoms with van der Waals surface area (Å²) in [5.74, 6) is 0.320. The van der Waals surface area contributed by atoms with E-state index in [0.29, 0.717) is 17.7 Å². The Morgan fingerprint density at radius 3 is 2.35 bits per heavy atom. The second-order valence-electron chi connectivity index (χ2n) is 5.85. The third-order valence-electron chi connectivity index (χ3n) is 4.03. The van der Waals surface area contributed by atoms with Crippen LogP contribution in [-0.4, -0.2) is 55.7 Å². The highest BCUT2D eigenvalue weighted by Crippen LogP contribution is 2.19. The zero-order valence-electron chi connectivity index (χ0n) is 13.5. The van der Waals surface area contributed by atoms with Gasteiger partial charge in [0.15, 0.2) is 21.7 Å². The van der Waals surface area contributed by atoms with E-state index in [1.807, 2.05) is 0 Å². The Bertz CT molecular complexity index is 696. The third kappa shape index (κ3) is 4.31. The molecule has 0 bridgehead atoms. The number of rotatable bonds is 5. The summed E-state index contributed by atoms with van der Waals surface area (Å²) in [5.41, 5.74) is 0.574. The average Bonchev–Trinajstić information content (AvgIpc) is 2.86. The predicted octanol–water partition coefficient (Wildman–Crippen LogP) is 1.30. The zero-order chi connectivity index (χ0) is 17.2. The first-order chi connectivity index (χ1) is 10.7. The van der Waals surface area contributed by atoms with Gasteiger partial charge in [0.25, 0.3) is 5.91 Å². The van der Waals surface area contributed by atoms with Crippen LogP contribution in [0.4, 0.5) is 0 Å². The summed E-state index contributed by atoms with van der Waals surface area (Å²) in [6, 6.07) is 6.27. The van der Waals surface area contributed by atoms with Gasteiger partial charge in [0.2, 0.25) is 0 Å². The molecule has 0 spiro atoms. The molecular weight excluding hydrogens is 318 g/mol. The molecule has 1 heterocycles. The van der Waals surface area contributed by atoms with Gasteiger partial charge in [0.1, 0.15) is 5.75 Å². The number of amides is 1. The summed E-state index contributed by atoms with van der Waals surface area (Å²) in [6.07, 6.45) is -0.267. The van der Waals surface area contributed by atoms with E-state index in [0.717, 1.165) is 0 Å². The molecule has 6 nitrogen and oxygen atoms in total. The van der Waals surface area contributed by atoms with Crippen LogP contribution >= 0.6 is 0 Å². The van der Waals surface area contributed by atoms with Gasteiger partial charge in [0.05, 0.1) is 11.5 Å². The minimum Gasteiger partial charge on any atom is -0.481 e. The molecule has 1 fully saturated rings. The Morgan fingerprint density at radius 2 is 1.87 bits per heavy atom. The number of carbonyl (C=O) groups excluding carboxylic acids is 2. The fourth-order valence-corrected chi connectivity index (χ4v) is 4.34. The molecule has 0 saturated carbocycles. The van der Waals surface area contributed by atoms with Crippen LogP contribution in [0.3, 0.4) is 0 Å². The number of sulfone groups is 1. The van der Waals surface area contributed by atoms with E-state index >= 15 is 0 Å². The molecule has 0 aliphatic carbocycles. The average molecular weight is 339 g/mol. The van der Waals surface area contributed by atoms with Crippen molar-refractivity contribution < 1.29 is 22.7 Å². The van der Waals surface area contributed by atoms with Gasteiger partial charge in [-0.25, -0.2) is 8.42 Å². The number of Topliss-reactive ketones (excluding diaryl/α,β-unsaturated/α-hetero) is 1. The second kappa shape index (κ2) is 6.70. The van der Waals surface area contributed by atoms with Crippen molar-refractivity contribution in [1.29, 1.82) is 0 Å². The standard InChI is InChI=1S/C16H21NO5S/c1-11(18)13-4-6-15(7-5-13)22-12(2)16(19)17(3)14-8-9-23(20,21)10-14/h4-7,12,14H,8-10H2,1-3H3. The number of hydrogen-bond donors (Lipinski definition) is 0. The molecule has 1 amide bonds. The summed E-state index contributed by atoms with van der Waals surface area (Å²) in [5, 5.41) is 0. The van der Waals surface area contributed by atoms with Crippen LogP contribution in [0.5, 0.6) is 5.75 Å². The first kappa shape index (κ1) is 17.5. The van der Waals surface area contributed by atoms with Crippen LogP contribution in [0, 0.1) is 0 Å². The summed E-state index contributed by atoms with van der Waals surface area (Å²) < 4.78 is 28.6. The van der Waals surface area contributed by atoms with Gasteiger partial charge in [-0.2, -0.15) is 0 Å². The summed E-state index contributed by atoms with van der Waals surface area (Å²) in [4.78, 5) is 25.1. The normalized spacial score (nSPS) is 20.7. The van der Waals surface area contributed by atoms with E-state index < -0.39 is 15.9 Å². The fraction of sp³-hybridized carbons (Fsp3) is 0.500. The molecular formula is C16H21NO5S. The zero-order valence-corrected chi connectivity index (χ0v) is 14.3. The fourth-order valence-electron chi connectivity index (χ4n) is 2.57. The monoisotopic (exact) mass is 339 g/mol. The van der Waals surface area contributed by atoms with E-state index in [4.69, 9.17) is 4.74 Å². The molecule has 1 aliphatic rings. The molecule has 2 unspecified atom stereocenters. The van der Waals surface area contributed by atoms with E-state index in [1.54, 1.807) is 38.2 Å². The van der Waals surface area contributed by atoms with Crippen molar-refractivity contribution in [3.8, 4) is 5.75 Å². The van der Waals surface area contributed by atoms with Crippen molar-refractivity contribution in [2.24, 2.45) is 0 Å². The first-order valence-electron chi connectivity index (χ1n) is 7.44. The highest BCUT2D eigenvalue weighted by molar-refractivity contribution is 7.91. The highest BCUT2D eigenvalue weighted by Gasteiger charge is 2.34. The van der Waals surface area contributed by atoms with E-state index in [9.17, 15) is 18.0 Å². The predicted molar refractivity (Wildman–Crippen MR) is 86.4 cm³/mol. The quantitative estimate of drug-likeness (QED) is 0.756. The number of carbonyl (C=O) groups is 2. The second-order valence-corrected chi connectivity index (χ2v) is 8.08. The number of benzene rings is 1. The van der Waals surface area contributed by atoms with Crippen LogP contribution in [0.1, 0.15) is 30.6 Å². The van der Waals surface area contributed by atoms with Gasteiger partial charge in [-0.05, 0) is 44.5 Å². The Kier molecular flexibility index (Phi) is 5.09. The number of hydrogen-bond acceptors (Lipinski definition) is 5. The summed E-state index contributed by atoms with van der Waals surface area (Å²) in [6.45, 7) is 3.10. The topological polar surface area (TPSA) is 80.8 Å². The molecule has 23 heavy (non-hydrogen) atoms. The van der Waals surface area contributed by atoms with E-state index in [1.165, 1.54) is 11.8 Å². The van der Waals surface area contributed by atoms with Gasteiger partial charge in [-0.15, -0.1) is 0 Å². The van der Waals surface area contributed by atoms with Gasteiger partial charge in [-0.3, -0.25) is 9.59 Å². The molecule has 2 rings (SSSR count). The largest absolute Gasteiger partial charge is 0.481 e. The lowest BCUT2D eigenvalue weighted by atomic mass is 10.1. The molecule has 0 aromatic heterocycles. The van der Waals surface area contributed by atoms with Gasteiger partial charge in [0, 0.05) is 18.7 Å². The maximum absolute atomic E-state index is 12.4. The van der Waals surface area contributed by atoms with Crippen molar-refractivity contribution in [1.82, 2.24) is 4.90 Å². The molecule has 0 radical (unpaired) electrons. The number of ketones is 1. The summed E-state index contributed by atoms with van der Waals surface area (Å²) in [7, 11) is -1.43. The number of ether oxygens (including phenoxy) is 1. The van der Waals surface area contributed by atoms with Gasteiger partial charge < -0.3 is 9.64 Å². The van der Waals surface area contributed by atoms with Crippen molar-refractivity contribution in [3.05, 3.63) is 29.8 Å². The van der Waals surface area contributed by atoms with E-state index in [2.05, 4.69) is 0 Å². The van der Waals surface area contributed by atoms with Crippen molar-refractivity contribution in [3.63, 3.8) is 0 Å². The summed E-state index contributed by atoms with van der Waals surface area (Å²) >= 11 is 0. The van der Waals surface area contributed by atoms with Crippen molar-refractivity contribution in [2.45, 2.75) is 32.4 Å². The van der Waals surface area contributed by atoms with Gasteiger partial charge >= 0.3 is 0 Å². The molecule has 126 valence electrons. The number of nitrogens with zero attached hydrogens (tertiary/aromatic N) is 1. The lowest BCUT2D eigenvalue weighted by Gasteiger charge is -2.26. The minimum atomic E-state index is -3.04. The molecule has 1 saturated heterocycles. The highest BCUT2D eigenvalue weighted by atomic mass is 32.2. The molecule has 1 aromatic rings. The van der Waals surface area contributed by atoms with Crippen molar-refractivity contribution in [2.75, 3.05) is 18.6 Å². The Morgan fingerprint density at radius 1 is 1.26 bits per heavy atom. The third-order valence-corrected chi connectivity index (χ3v) is 5.78. The molecule has 7 heteroatoms. The lowest BCUT2D eigenvalue weighted by molar-refractivity contribution is -0.138. The van der Waals surface area contributed by atoms with Crippen LogP contribution in [0.2, 0.25) is 0 Å². The van der Waals surface area contributed by atoms with Gasteiger partial charge in [-0.1, -0.05) is 0 Å². The lowest BCUT2D eigenvalue weighted by Crippen LogP contribution is -2.44. The smallest absolute Gasteiger partial charge is 0.263 e. The molecule has 0 N–H and O–H groups in total. The first-order valence-corrected chi connectivity index (χ1v) is 9.26. The number of likely N-dealkylation sites (N-methyl/N-ethyl adjacent to an activating group) is 1. The Labute approximate surface area is 136 Å². The molecule has 1 aliphatic heterocycles. The van der Waals surface area contributed by atoms with E-state index in [-0.39, 0.29) is 29.2 Å². The molecule has 1 aromatic carbocycles. The SMILES string of the molecule is CC(=O)c1ccc(OC(C)C(=O)N(C)C2CCS(=O)(=O)C2)cc1. The molecule has 2 atom stereocenters. The van der Waals surface area contributed by atoms with Crippen LogP contribution in [0.15, 0.2) is 24.3 Å². The maximum Gasteiger partial charge on any atom is 0.263 e. The van der Waals surface area contributed by atoms with Crippen molar-refractivity contribution >= 4 is 21.5 Å². The maximum atomic E-state index is 12.4. The van der Waals surface area contributed by atoms with Crippen LogP contribution in [0.25, 0.3) is 0 Å². The Hall–Kier alpha value is -1.89. The minimum absolute atomic E-state index is 0.00919. The van der Waals surface area contributed by atoms with Crippen LogP contribution < -0.4 is 4.74 Å². The van der Waals surface area contributed by atoms with Crippen LogP contribution in [-0.2, 0) is 14.6 Å².